The normalized spacial score (nSPS) is 43.7. The van der Waals surface area contributed by atoms with E-state index in [1.807, 2.05) is 0 Å². The van der Waals surface area contributed by atoms with E-state index in [9.17, 15) is 0 Å². The van der Waals surface area contributed by atoms with Crippen molar-refractivity contribution in [3.05, 3.63) is 6.42 Å². The lowest BCUT2D eigenvalue weighted by Gasteiger charge is -2.12. The molecule has 0 amide bonds. The minimum Gasteiger partial charge on any atom is -0.119 e. The van der Waals surface area contributed by atoms with Crippen LogP contribution in [0.25, 0.3) is 0 Å². The zero-order valence-corrected chi connectivity index (χ0v) is 6.91. The van der Waals surface area contributed by atoms with E-state index in [4.69, 9.17) is 11.6 Å². The number of hydrogen-bond acceptors (Lipinski definition) is 0. The van der Waals surface area contributed by atoms with E-state index in [-0.39, 0.29) is 4.87 Å². The van der Waals surface area contributed by atoms with E-state index < -0.39 is 0 Å². The number of rotatable bonds is 1. The highest BCUT2D eigenvalue weighted by molar-refractivity contribution is 6.24. The van der Waals surface area contributed by atoms with Gasteiger partial charge in [0.05, 0.1) is 0 Å². The van der Waals surface area contributed by atoms with Gasteiger partial charge in [0.25, 0.3) is 0 Å². The first-order valence-electron chi connectivity index (χ1n) is 3.69. The van der Waals surface area contributed by atoms with Gasteiger partial charge >= 0.3 is 0 Å². The molecule has 0 aromatic rings. The Kier molecular flexibility index (Phi) is 2.05. The van der Waals surface area contributed by atoms with Crippen LogP contribution < -0.4 is 0 Å². The summed E-state index contributed by atoms with van der Waals surface area (Å²) in [5.41, 5.74) is 0. The van der Waals surface area contributed by atoms with Crippen LogP contribution in [0.3, 0.4) is 0 Å². The Labute approximate surface area is 62.6 Å². The van der Waals surface area contributed by atoms with Crippen molar-refractivity contribution in [2.45, 2.75) is 38.0 Å². The Bertz CT molecular complexity index is 96.7. The van der Waals surface area contributed by atoms with E-state index in [1.54, 1.807) is 0 Å². The van der Waals surface area contributed by atoms with E-state index in [2.05, 4.69) is 20.3 Å². The maximum absolute atomic E-state index is 6.09. The molecule has 1 aliphatic carbocycles. The third-order valence-electron chi connectivity index (χ3n) is 2.11. The number of hydrogen-bond donors (Lipinski definition) is 0. The molecule has 1 fully saturated rings. The molecule has 0 N–H and O–H groups in total. The molecular formula is C8H14Cl. The smallest absolute Gasteiger partial charge is 0.0453 e. The van der Waals surface area contributed by atoms with Crippen molar-refractivity contribution in [1.82, 2.24) is 0 Å². The minimum absolute atomic E-state index is 0.0146. The molecule has 1 saturated carbocycles. The van der Waals surface area contributed by atoms with Gasteiger partial charge in [-0.3, -0.25) is 0 Å². The molecule has 2 atom stereocenters. The molecule has 0 bridgehead atoms. The van der Waals surface area contributed by atoms with Gasteiger partial charge in [0.2, 0.25) is 0 Å². The second-order valence-corrected chi connectivity index (χ2v) is 4.02. The van der Waals surface area contributed by atoms with Gasteiger partial charge in [-0.2, -0.15) is 0 Å². The fourth-order valence-electron chi connectivity index (χ4n) is 1.45. The van der Waals surface area contributed by atoms with Crippen LogP contribution in [-0.2, 0) is 0 Å². The van der Waals surface area contributed by atoms with Crippen molar-refractivity contribution < 1.29 is 0 Å². The summed E-state index contributed by atoms with van der Waals surface area (Å²) in [5.74, 6) is 0.785. The Morgan fingerprint density at radius 2 is 2.44 bits per heavy atom. The summed E-state index contributed by atoms with van der Waals surface area (Å²) in [6.07, 6.45) is 5.99. The Hall–Kier alpha value is 0.290. The molecule has 0 nitrogen and oxygen atoms in total. The lowest BCUT2D eigenvalue weighted by atomic mass is 10.0. The van der Waals surface area contributed by atoms with Crippen molar-refractivity contribution in [3.8, 4) is 0 Å². The standard InChI is InChI=1S/C8H14Cl/c1-3-7-4-5-8(2,9)6-7/h6-7H,3-5H2,1-2H3. The summed E-state index contributed by atoms with van der Waals surface area (Å²) in [6, 6.07) is 0. The average molecular weight is 146 g/mol. The molecular weight excluding hydrogens is 132 g/mol. The highest BCUT2D eigenvalue weighted by atomic mass is 35.5. The Balaban J connectivity index is 2.38. The second kappa shape index (κ2) is 2.49. The molecule has 1 radical (unpaired) electrons. The quantitative estimate of drug-likeness (QED) is 0.498. The molecule has 1 aliphatic rings. The van der Waals surface area contributed by atoms with Gasteiger partial charge in [-0.15, -0.1) is 11.6 Å². The molecule has 0 heterocycles. The van der Waals surface area contributed by atoms with Gasteiger partial charge in [-0.25, -0.2) is 0 Å². The van der Waals surface area contributed by atoms with Crippen LogP contribution >= 0.6 is 11.6 Å². The molecule has 1 rings (SSSR count). The Morgan fingerprint density at radius 3 is 2.67 bits per heavy atom. The Morgan fingerprint density at radius 1 is 1.78 bits per heavy atom. The molecule has 0 aromatic carbocycles. The third kappa shape index (κ3) is 1.86. The minimum atomic E-state index is 0.0146. The predicted molar refractivity (Wildman–Crippen MR) is 41.6 cm³/mol. The maximum Gasteiger partial charge on any atom is 0.0453 e. The van der Waals surface area contributed by atoms with E-state index in [0.29, 0.717) is 0 Å². The lowest BCUT2D eigenvalue weighted by molar-refractivity contribution is 0.602. The SMILES string of the molecule is CCC1[CH]C(C)(Cl)CC1. The van der Waals surface area contributed by atoms with E-state index in [1.165, 1.54) is 12.8 Å². The number of halogens is 1. The first-order valence-corrected chi connectivity index (χ1v) is 4.07. The second-order valence-electron chi connectivity index (χ2n) is 3.15. The van der Waals surface area contributed by atoms with Gasteiger partial charge in [0.15, 0.2) is 0 Å². The zero-order valence-electron chi connectivity index (χ0n) is 6.15. The molecule has 0 spiro atoms. The van der Waals surface area contributed by atoms with Gasteiger partial charge in [-0.05, 0) is 32.1 Å². The van der Waals surface area contributed by atoms with Crippen molar-refractivity contribution in [1.29, 1.82) is 0 Å². The van der Waals surface area contributed by atoms with Crippen LogP contribution in [0.15, 0.2) is 0 Å². The maximum atomic E-state index is 6.09. The van der Waals surface area contributed by atoms with Gasteiger partial charge in [-0.1, -0.05) is 13.3 Å². The molecule has 1 heteroatoms. The van der Waals surface area contributed by atoms with E-state index in [0.717, 1.165) is 12.3 Å². The summed E-state index contributed by atoms with van der Waals surface area (Å²) in [6.45, 7) is 4.32. The van der Waals surface area contributed by atoms with Crippen LogP contribution in [-0.4, -0.2) is 4.87 Å². The third-order valence-corrected chi connectivity index (χ3v) is 2.43. The topological polar surface area (TPSA) is 0 Å². The summed E-state index contributed by atoms with van der Waals surface area (Å²) >= 11 is 6.09. The van der Waals surface area contributed by atoms with Crippen molar-refractivity contribution in [2.24, 2.45) is 5.92 Å². The van der Waals surface area contributed by atoms with Crippen molar-refractivity contribution in [3.63, 3.8) is 0 Å². The molecule has 53 valence electrons. The van der Waals surface area contributed by atoms with Crippen LogP contribution in [0, 0.1) is 12.3 Å². The molecule has 0 aromatic heterocycles. The van der Waals surface area contributed by atoms with Crippen LogP contribution in [0.4, 0.5) is 0 Å². The van der Waals surface area contributed by atoms with Crippen LogP contribution in [0.5, 0.6) is 0 Å². The van der Waals surface area contributed by atoms with Crippen LogP contribution in [0.1, 0.15) is 33.1 Å². The highest BCUT2D eigenvalue weighted by Gasteiger charge is 2.31. The van der Waals surface area contributed by atoms with Crippen LogP contribution in [0.2, 0.25) is 0 Å². The first kappa shape index (κ1) is 7.40. The molecule has 0 aliphatic heterocycles. The molecule has 2 unspecified atom stereocenters. The number of alkyl halides is 1. The van der Waals surface area contributed by atoms with Gasteiger partial charge < -0.3 is 0 Å². The zero-order chi connectivity index (χ0) is 6.91. The fraction of sp³-hybridized carbons (Fsp3) is 0.875. The highest BCUT2D eigenvalue weighted by Crippen LogP contribution is 2.39. The summed E-state index contributed by atoms with van der Waals surface area (Å²) in [7, 11) is 0. The largest absolute Gasteiger partial charge is 0.119 e. The van der Waals surface area contributed by atoms with Crippen molar-refractivity contribution >= 4 is 11.6 Å². The molecule has 9 heavy (non-hydrogen) atoms. The molecule has 0 saturated heterocycles. The van der Waals surface area contributed by atoms with E-state index >= 15 is 0 Å². The summed E-state index contributed by atoms with van der Waals surface area (Å²) in [4.78, 5) is 0.0146. The van der Waals surface area contributed by atoms with Gasteiger partial charge in [0.1, 0.15) is 0 Å². The monoisotopic (exact) mass is 145 g/mol. The van der Waals surface area contributed by atoms with Gasteiger partial charge in [0, 0.05) is 4.87 Å². The first-order chi connectivity index (χ1) is 4.14. The lowest BCUT2D eigenvalue weighted by Crippen LogP contribution is -2.10. The predicted octanol–water partition coefficient (Wildman–Crippen LogP) is 3.01. The average Bonchev–Trinajstić information content (AvgIpc) is 2.10. The fourth-order valence-corrected chi connectivity index (χ4v) is 1.74. The summed E-state index contributed by atoms with van der Waals surface area (Å²) in [5, 5.41) is 0. The van der Waals surface area contributed by atoms with Crippen molar-refractivity contribution in [2.75, 3.05) is 0 Å². The summed E-state index contributed by atoms with van der Waals surface area (Å²) < 4.78 is 0.